The van der Waals surface area contributed by atoms with Gasteiger partial charge in [-0.3, -0.25) is 9.59 Å². The van der Waals surface area contributed by atoms with E-state index in [-0.39, 0.29) is 23.9 Å². The van der Waals surface area contributed by atoms with Crippen molar-refractivity contribution < 1.29 is 23.9 Å². The largest absolute Gasteiger partial charge is 0.497 e. The normalized spacial score (nSPS) is 11.3. The number of hydrogen-bond acceptors (Lipinski definition) is 5. The second-order valence-electron chi connectivity index (χ2n) is 8.16. The highest BCUT2D eigenvalue weighted by atomic mass is 16.5. The molecule has 3 aromatic rings. The van der Waals surface area contributed by atoms with E-state index in [0.717, 1.165) is 22.4 Å². The number of amides is 2. The smallest absolute Gasteiger partial charge is 0.340 e. The van der Waals surface area contributed by atoms with E-state index in [1.165, 1.54) is 0 Å². The predicted molar refractivity (Wildman–Crippen MR) is 134 cm³/mol. The van der Waals surface area contributed by atoms with Crippen molar-refractivity contribution in [1.29, 1.82) is 0 Å². The lowest BCUT2D eigenvalue weighted by Crippen LogP contribution is -2.31. The third-order valence-corrected chi connectivity index (χ3v) is 5.59. The zero-order chi connectivity index (χ0) is 25.2. The molecule has 2 amide bonds. The lowest BCUT2D eigenvalue weighted by molar-refractivity contribution is -0.124. The molecule has 3 aromatic carbocycles. The van der Waals surface area contributed by atoms with Crippen LogP contribution in [0.1, 0.15) is 46.4 Å². The minimum absolute atomic E-state index is 0.185. The highest BCUT2D eigenvalue weighted by molar-refractivity contribution is 6.01. The Morgan fingerprint density at radius 3 is 2.29 bits per heavy atom. The fourth-order valence-corrected chi connectivity index (χ4v) is 3.68. The summed E-state index contributed by atoms with van der Waals surface area (Å²) in [6.07, 6.45) is 0.788. The Hall–Kier alpha value is -4.13. The molecule has 0 bridgehead atoms. The lowest BCUT2D eigenvalue weighted by Gasteiger charge is -2.17. The van der Waals surface area contributed by atoms with Gasteiger partial charge in [0.25, 0.3) is 5.91 Å². The number of carbonyl (C=O) groups excluding carboxylic acids is 3. The highest BCUT2D eigenvalue weighted by Crippen LogP contribution is 2.19. The number of hydrogen-bond donors (Lipinski definition) is 2. The second kappa shape index (κ2) is 12.4. The minimum atomic E-state index is -0.685. The van der Waals surface area contributed by atoms with Crippen LogP contribution in [-0.2, 0) is 20.7 Å². The first kappa shape index (κ1) is 25.5. The second-order valence-corrected chi connectivity index (χ2v) is 8.16. The van der Waals surface area contributed by atoms with E-state index in [1.807, 2.05) is 62.4 Å². The van der Waals surface area contributed by atoms with Gasteiger partial charge in [0.1, 0.15) is 5.75 Å². The number of ether oxygens (including phenoxy) is 2. The van der Waals surface area contributed by atoms with Gasteiger partial charge in [-0.25, -0.2) is 4.79 Å². The Balaban J connectivity index is 1.52. The molecule has 0 aromatic heterocycles. The summed E-state index contributed by atoms with van der Waals surface area (Å²) in [5.74, 6) is -0.570. The van der Waals surface area contributed by atoms with Crippen molar-refractivity contribution in [1.82, 2.24) is 5.32 Å². The van der Waals surface area contributed by atoms with Crippen molar-refractivity contribution in [3.8, 4) is 5.75 Å². The fraction of sp³-hybridized carbons (Fsp3) is 0.250. The first-order valence-corrected chi connectivity index (χ1v) is 11.4. The fourth-order valence-electron chi connectivity index (χ4n) is 3.68. The Labute approximate surface area is 205 Å². The molecule has 3 rings (SSSR count). The predicted octanol–water partition coefficient (Wildman–Crippen LogP) is 4.61. The summed E-state index contributed by atoms with van der Waals surface area (Å²) in [4.78, 5) is 37.4. The molecule has 1 unspecified atom stereocenters. The summed E-state index contributed by atoms with van der Waals surface area (Å²) in [6.45, 7) is 3.42. The number of anilines is 1. The molecule has 0 spiro atoms. The van der Waals surface area contributed by atoms with Gasteiger partial charge in [0.05, 0.1) is 24.4 Å². The molecule has 0 aliphatic rings. The standard InChI is InChI=1S/C28H30N2O5/c1-19-8-4-5-9-23(19)20(2)29-27(32)18-35-28(33)24-10-6-7-11-25(24)30-26(31)17-14-21-12-15-22(34-3)16-13-21/h4-13,15-16,20H,14,17-18H2,1-3H3,(H,29,32)(H,30,31). The molecular weight excluding hydrogens is 444 g/mol. The Morgan fingerprint density at radius 2 is 1.57 bits per heavy atom. The van der Waals surface area contributed by atoms with Crippen LogP contribution in [0.5, 0.6) is 5.75 Å². The average Bonchev–Trinajstić information content (AvgIpc) is 2.87. The average molecular weight is 475 g/mol. The van der Waals surface area contributed by atoms with E-state index >= 15 is 0 Å². The maximum absolute atomic E-state index is 12.6. The van der Waals surface area contributed by atoms with Crippen molar-refractivity contribution in [3.05, 3.63) is 95.1 Å². The van der Waals surface area contributed by atoms with Crippen molar-refractivity contribution in [2.24, 2.45) is 0 Å². The minimum Gasteiger partial charge on any atom is -0.497 e. The first-order chi connectivity index (χ1) is 16.9. The number of para-hydroxylation sites is 1. The van der Waals surface area contributed by atoms with Gasteiger partial charge >= 0.3 is 5.97 Å². The number of esters is 1. The number of methoxy groups -OCH3 is 1. The maximum Gasteiger partial charge on any atom is 0.340 e. The summed E-state index contributed by atoms with van der Waals surface area (Å²) in [7, 11) is 1.60. The molecule has 0 aliphatic heterocycles. The summed E-state index contributed by atoms with van der Waals surface area (Å²) in [5.41, 5.74) is 3.58. The van der Waals surface area contributed by atoms with Crippen LogP contribution < -0.4 is 15.4 Å². The molecule has 7 heteroatoms. The summed E-state index contributed by atoms with van der Waals surface area (Å²) in [5, 5.41) is 5.60. The summed E-state index contributed by atoms with van der Waals surface area (Å²) >= 11 is 0. The van der Waals surface area contributed by atoms with Crippen molar-refractivity contribution >= 4 is 23.5 Å². The monoisotopic (exact) mass is 474 g/mol. The molecule has 7 nitrogen and oxygen atoms in total. The molecular formula is C28H30N2O5. The van der Waals surface area contributed by atoms with Crippen LogP contribution in [-0.4, -0.2) is 31.5 Å². The van der Waals surface area contributed by atoms with Gasteiger partial charge in [0.2, 0.25) is 5.91 Å². The zero-order valence-corrected chi connectivity index (χ0v) is 20.2. The van der Waals surface area contributed by atoms with Crippen LogP contribution in [0.3, 0.4) is 0 Å². The van der Waals surface area contributed by atoms with E-state index in [2.05, 4.69) is 10.6 Å². The van der Waals surface area contributed by atoms with Crippen LogP contribution >= 0.6 is 0 Å². The van der Waals surface area contributed by atoms with Crippen molar-refractivity contribution in [2.45, 2.75) is 32.7 Å². The number of nitrogens with one attached hydrogen (secondary N) is 2. The van der Waals surface area contributed by atoms with Gasteiger partial charge in [0, 0.05) is 6.42 Å². The molecule has 2 N–H and O–H groups in total. The van der Waals surface area contributed by atoms with E-state index in [0.29, 0.717) is 12.1 Å². The Morgan fingerprint density at radius 1 is 0.886 bits per heavy atom. The molecule has 35 heavy (non-hydrogen) atoms. The maximum atomic E-state index is 12.6. The van der Waals surface area contributed by atoms with Gasteiger partial charge in [-0.1, -0.05) is 48.5 Å². The molecule has 0 radical (unpaired) electrons. The SMILES string of the molecule is COc1ccc(CCC(=O)Nc2ccccc2C(=O)OCC(=O)NC(C)c2ccccc2C)cc1. The van der Waals surface area contributed by atoms with Crippen molar-refractivity contribution in [3.63, 3.8) is 0 Å². The van der Waals surface area contributed by atoms with E-state index in [9.17, 15) is 14.4 Å². The molecule has 0 fully saturated rings. The van der Waals surface area contributed by atoms with Crippen LogP contribution in [0.25, 0.3) is 0 Å². The summed E-state index contributed by atoms with van der Waals surface area (Å²) < 4.78 is 10.4. The van der Waals surface area contributed by atoms with E-state index in [1.54, 1.807) is 31.4 Å². The Kier molecular flexibility index (Phi) is 9.01. The van der Waals surface area contributed by atoms with Gasteiger partial charge < -0.3 is 20.1 Å². The molecule has 0 aliphatic carbocycles. The van der Waals surface area contributed by atoms with Crippen LogP contribution in [0, 0.1) is 6.92 Å². The van der Waals surface area contributed by atoms with Gasteiger partial charge in [-0.05, 0) is 61.2 Å². The number of rotatable bonds is 10. The molecule has 0 heterocycles. The van der Waals surface area contributed by atoms with E-state index < -0.39 is 18.5 Å². The topological polar surface area (TPSA) is 93.7 Å². The summed E-state index contributed by atoms with van der Waals surface area (Å²) in [6, 6.07) is 21.6. The number of carbonyl (C=O) groups is 3. The van der Waals surface area contributed by atoms with Gasteiger partial charge in [-0.15, -0.1) is 0 Å². The van der Waals surface area contributed by atoms with Crippen LogP contribution in [0.4, 0.5) is 5.69 Å². The number of aryl methyl sites for hydroxylation is 2. The molecule has 1 atom stereocenters. The quantitative estimate of drug-likeness (QED) is 0.419. The molecule has 182 valence electrons. The highest BCUT2D eigenvalue weighted by Gasteiger charge is 2.17. The van der Waals surface area contributed by atoms with E-state index in [4.69, 9.17) is 9.47 Å². The zero-order valence-electron chi connectivity index (χ0n) is 20.2. The Bertz CT molecular complexity index is 1170. The molecule has 0 saturated heterocycles. The third kappa shape index (κ3) is 7.43. The lowest BCUT2D eigenvalue weighted by atomic mass is 10.0. The number of benzene rings is 3. The van der Waals surface area contributed by atoms with Crippen LogP contribution in [0.15, 0.2) is 72.8 Å². The molecule has 0 saturated carbocycles. The third-order valence-electron chi connectivity index (χ3n) is 5.59. The van der Waals surface area contributed by atoms with Gasteiger partial charge in [-0.2, -0.15) is 0 Å². The van der Waals surface area contributed by atoms with Crippen LogP contribution in [0.2, 0.25) is 0 Å². The first-order valence-electron chi connectivity index (χ1n) is 11.4. The van der Waals surface area contributed by atoms with Gasteiger partial charge in [0.15, 0.2) is 6.61 Å². The van der Waals surface area contributed by atoms with Crippen molar-refractivity contribution in [2.75, 3.05) is 19.0 Å².